The van der Waals surface area contributed by atoms with Crippen LogP contribution in [0.4, 0.5) is 0 Å². The van der Waals surface area contributed by atoms with Gasteiger partial charge in [-0.1, -0.05) is 30.2 Å². The van der Waals surface area contributed by atoms with Crippen molar-refractivity contribution in [2.75, 3.05) is 32.6 Å². The van der Waals surface area contributed by atoms with E-state index in [2.05, 4.69) is 5.32 Å². The lowest BCUT2D eigenvalue weighted by Gasteiger charge is -2.39. The lowest BCUT2D eigenvalue weighted by Crippen LogP contribution is -2.54. The molecule has 2 aliphatic rings. The summed E-state index contributed by atoms with van der Waals surface area (Å²) in [6, 6.07) is 7.12. The van der Waals surface area contributed by atoms with Gasteiger partial charge in [0.1, 0.15) is 6.04 Å². The molecule has 0 radical (unpaired) electrons. The Hall–Kier alpha value is -1.15. The zero-order valence-electron chi connectivity index (χ0n) is 15.6. The Morgan fingerprint density at radius 2 is 2.07 bits per heavy atom. The number of piperidine rings is 1. The molecule has 0 saturated carbocycles. The second-order valence-electron chi connectivity index (χ2n) is 7.51. The fourth-order valence-electron chi connectivity index (χ4n) is 4.09. The standard InChI is InChI=1S/C19H27ClN2O4S/c1-27(24,25)22-10-3-2-7-17(22)18(23)21-14-19(8-11-26-12-9-19)15-5-4-6-16(20)13-15/h4-6,13,17H,2-3,7-12,14H2,1H3,(H,21,23). The van der Waals surface area contributed by atoms with Gasteiger partial charge in [0, 0.05) is 36.7 Å². The third-order valence-corrected chi connectivity index (χ3v) is 7.19. The number of hydrogen-bond donors (Lipinski definition) is 1. The van der Waals surface area contributed by atoms with E-state index >= 15 is 0 Å². The molecule has 27 heavy (non-hydrogen) atoms. The van der Waals surface area contributed by atoms with Gasteiger partial charge in [-0.25, -0.2) is 8.42 Å². The molecule has 0 aliphatic carbocycles. The highest BCUT2D eigenvalue weighted by Crippen LogP contribution is 2.35. The molecule has 8 heteroatoms. The number of amides is 1. The van der Waals surface area contributed by atoms with Crippen molar-refractivity contribution >= 4 is 27.5 Å². The van der Waals surface area contributed by atoms with E-state index in [-0.39, 0.29) is 11.3 Å². The Morgan fingerprint density at radius 3 is 2.74 bits per heavy atom. The van der Waals surface area contributed by atoms with Crippen molar-refractivity contribution in [2.45, 2.75) is 43.6 Å². The van der Waals surface area contributed by atoms with Gasteiger partial charge in [0.15, 0.2) is 0 Å². The van der Waals surface area contributed by atoms with Gasteiger partial charge in [0.05, 0.1) is 6.26 Å². The van der Waals surface area contributed by atoms with E-state index in [0.29, 0.717) is 37.7 Å². The average molecular weight is 415 g/mol. The Kier molecular flexibility index (Phi) is 6.46. The zero-order chi connectivity index (χ0) is 19.5. The van der Waals surface area contributed by atoms with E-state index in [1.54, 1.807) is 0 Å². The number of nitrogens with one attached hydrogen (secondary N) is 1. The number of rotatable bonds is 5. The molecular weight excluding hydrogens is 388 g/mol. The Labute approximate surface area is 166 Å². The second-order valence-corrected chi connectivity index (χ2v) is 9.88. The maximum Gasteiger partial charge on any atom is 0.238 e. The van der Waals surface area contributed by atoms with Gasteiger partial charge in [-0.2, -0.15) is 4.31 Å². The van der Waals surface area contributed by atoms with E-state index in [1.165, 1.54) is 10.6 Å². The summed E-state index contributed by atoms with van der Waals surface area (Å²) in [7, 11) is -3.40. The monoisotopic (exact) mass is 414 g/mol. The summed E-state index contributed by atoms with van der Waals surface area (Å²) in [5, 5.41) is 3.71. The molecule has 3 rings (SSSR count). The van der Waals surface area contributed by atoms with Gasteiger partial charge >= 0.3 is 0 Å². The normalized spacial score (nSPS) is 23.7. The lowest BCUT2D eigenvalue weighted by atomic mass is 9.74. The second kappa shape index (κ2) is 8.47. The number of carbonyl (C=O) groups is 1. The van der Waals surface area contributed by atoms with Crippen LogP contribution >= 0.6 is 11.6 Å². The minimum Gasteiger partial charge on any atom is -0.381 e. The fraction of sp³-hybridized carbons (Fsp3) is 0.632. The third kappa shape index (κ3) is 4.83. The highest BCUT2D eigenvalue weighted by Gasteiger charge is 2.38. The fourth-order valence-corrected chi connectivity index (χ4v) is 5.40. The number of halogens is 1. The van der Waals surface area contributed by atoms with Crippen molar-refractivity contribution in [1.29, 1.82) is 0 Å². The molecule has 2 heterocycles. The summed E-state index contributed by atoms with van der Waals surface area (Å²) in [6.45, 7) is 2.11. The van der Waals surface area contributed by atoms with Crippen LogP contribution in [0.5, 0.6) is 0 Å². The molecular formula is C19H27ClN2O4S. The number of sulfonamides is 1. The number of ether oxygens (including phenoxy) is 1. The van der Waals surface area contributed by atoms with Crippen molar-refractivity contribution in [2.24, 2.45) is 0 Å². The molecule has 1 N–H and O–H groups in total. The molecule has 0 spiro atoms. The Bertz CT molecular complexity index is 778. The SMILES string of the molecule is CS(=O)(=O)N1CCCCC1C(=O)NCC1(c2cccc(Cl)c2)CCOCC1. The number of nitrogens with zero attached hydrogens (tertiary/aromatic N) is 1. The summed E-state index contributed by atoms with van der Waals surface area (Å²) in [4.78, 5) is 12.9. The molecule has 1 amide bonds. The van der Waals surface area contributed by atoms with Crippen LogP contribution in [0.1, 0.15) is 37.7 Å². The first kappa shape index (κ1) is 20.6. The van der Waals surface area contributed by atoms with Crippen LogP contribution in [0, 0.1) is 0 Å². The smallest absolute Gasteiger partial charge is 0.238 e. The van der Waals surface area contributed by atoms with E-state index in [1.807, 2.05) is 24.3 Å². The van der Waals surface area contributed by atoms with E-state index in [0.717, 1.165) is 31.2 Å². The summed E-state index contributed by atoms with van der Waals surface area (Å²) in [5.41, 5.74) is 0.839. The minimum absolute atomic E-state index is 0.215. The van der Waals surface area contributed by atoms with Crippen LogP contribution in [0.3, 0.4) is 0 Å². The lowest BCUT2D eigenvalue weighted by molar-refractivity contribution is -0.126. The van der Waals surface area contributed by atoms with Crippen molar-refractivity contribution < 1.29 is 17.9 Å². The largest absolute Gasteiger partial charge is 0.381 e. The van der Waals surface area contributed by atoms with E-state index in [4.69, 9.17) is 16.3 Å². The van der Waals surface area contributed by atoms with Gasteiger partial charge in [-0.15, -0.1) is 0 Å². The highest BCUT2D eigenvalue weighted by atomic mass is 35.5. The predicted molar refractivity (Wildman–Crippen MR) is 105 cm³/mol. The maximum absolute atomic E-state index is 12.9. The van der Waals surface area contributed by atoms with Crippen LogP contribution in [0.15, 0.2) is 24.3 Å². The number of carbonyl (C=O) groups excluding carboxylic acids is 1. The molecule has 2 aliphatic heterocycles. The topological polar surface area (TPSA) is 75.7 Å². The van der Waals surface area contributed by atoms with Gasteiger partial charge in [0.2, 0.25) is 15.9 Å². The molecule has 2 fully saturated rings. The van der Waals surface area contributed by atoms with Crippen LogP contribution in [0.25, 0.3) is 0 Å². The van der Waals surface area contributed by atoms with Crippen LogP contribution in [0.2, 0.25) is 5.02 Å². The van der Waals surface area contributed by atoms with Crippen molar-refractivity contribution in [1.82, 2.24) is 9.62 Å². The summed E-state index contributed by atoms with van der Waals surface area (Å²) < 4.78 is 31.0. The Balaban J connectivity index is 1.76. The molecule has 2 saturated heterocycles. The van der Waals surface area contributed by atoms with Crippen molar-refractivity contribution in [3.8, 4) is 0 Å². The van der Waals surface area contributed by atoms with E-state index in [9.17, 15) is 13.2 Å². The molecule has 150 valence electrons. The number of hydrogen-bond acceptors (Lipinski definition) is 4. The highest BCUT2D eigenvalue weighted by molar-refractivity contribution is 7.88. The molecule has 1 atom stereocenters. The first-order chi connectivity index (χ1) is 12.8. The molecule has 6 nitrogen and oxygen atoms in total. The molecule has 1 aromatic carbocycles. The van der Waals surface area contributed by atoms with Crippen molar-refractivity contribution in [3.63, 3.8) is 0 Å². The van der Waals surface area contributed by atoms with Gasteiger partial charge in [-0.05, 0) is 43.4 Å². The van der Waals surface area contributed by atoms with Crippen LogP contribution < -0.4 is 5.32 Å². The molecule has 1 aromatic rings. The molecule has 0 aromatic heterocycles. The Morgan fingerprint density at radius 1 is 1.33 bits per heavy atom. The first-order valence-corrected chi connectivity index (χ1v) is 11.6. The predicted octanol–water partition coefficient (Wildman–Crippen LogP) is 2.32. The minimum atomic E-state index is -3.40. The van der Waals surface area contributed by atoms with Gasteiger partial charge < -0.3 is 10.1 Å². The average Bonchev–Trinajstić information content (AvgIpc) is 2.66. The van der Waals surface area contributed by atoms with Crippen LogP contribution in [-0.2, 0) is 25.0 Å². The summed E-state index contributed by atoms with van der Waals surface area (Å²) >= 11 is 6.19. The van der Waals surface area contributed by atoms with Gasteiger partial charge in [-0.3, -0.25) is 4.79 Å². The first-order valence-electron chi connectivity index (χ1n) is 9.40. The maximum atomic E-state index is 12.9. The zero-order valence-corrected chi connectivity index (χ0v) is 17.2. The van der Waals surface area contributed by atoms with E-state index < -0.39 is 16.1 Å². The summed E-state index contributed by atoms with van der Waals surface area (Å²) in [6.07, 6.45) is 4.96. The molecule has 1 unspecified atom stereocenters. The molecule has 0 bridgehead atoms. The van der Waals surface area contributed by atoms with Crippen molar-refractivity contribution in [3.05, 3.63) is 34.9 Å². The van der Waals surface area contributed by atoms with Gasteiger partial charge in [0.25, 0.3) is 0 Å². The third-order valence-electron chi connectivity index (χ3n) is 5.67. The number of benzene rings is 1. The van der Waals surface area contributed by atoms with Crippen LogP contribution in [-0.4, -0.2) is 57.2 Å². The quantitative estimate of drug-likeness (QED) is 0.802. The summed E-state index contributed by atoms with van der Waals surface area (Å²) in [5.74, 6) is -0.215.